The van der Waals surface area contributed by atoms with Crippen LogP contribution in [0.3, 0.4) is 0 Å². The molecule has 1 unspecified atom stereocenters. The Bertz CT molecular complexity index is 1590. The van der Waals surface area contributed by atoms with E-state index in [0.29, 0.717) is 35.0 Å². The van der Waals surface area contributed by atoms with Gasteiger partial charge in [0.25, 0.3) is 12.3 Å². The number of rotatable bonds is 10. The minimum Gasteiger partial charge on any atom is -0.318 e. The molecule has 3 fully saturated rings. The van der Waals surface area contributed by atoms with Gasteiger partial charge in [0.15, 0.2) is 22.8 Å². The van der Waals surface area contributed by atoms with E-state index < -0.39 is 12.2 Å². The third kappa shape index (κ3) is 9.99. The van der Waals surface area contributed by atoms with E-state index in [-0.39, 0.29) is 11.7 Å². The number of piperidine rings is 1. The number of hydrazine groups is 1. The number of ketones is 1. The van der Waals surface area contributed by atoms with Gasteiger partial charge in [-0.05, 0) is 68.8 Å². The fourth-order valence-electron chi connectivity index (χ4n) is 6.99. The molecule has 0 radical (unpaired) electrons. The van der Waals surface area contributed by atoms with Gasteiger partial charge in [-0.25, -0.2) is 13.8 Å². The quantitative estimate of drug-likeness (QED) is 0.316. The van der Waals surface area contributed by atoms with Crippen molar-refractivity contribution in [1.29, 1.82) is 5.26 Å². The minimum absolute atomic E-state index is 0.0588. The number of anilines is 1. The second kappa shape index (κ2) is 17.0. The van der Waals surface area contributed by atoms with Crippen LogP contribution < -0.4 is 10.4 Å². The third-order valence-electron chi connectivity index (χ3n) is 9.68. The molecule has 0 bridgehead atoms. The summed E-state index contributed by atoms with van der Waals surface area (Å²) in [5, 5.41) is 11.4. The Labute approximate surface area is 287 Å². The van der Waals surface area contributed by atoms with Crippen LogP contribution in [-0.2, 0) is 18.4 Å². The van der Waals surface area contributed by atoms with E-state index in [1.165, 1.54) is 50.9 Å². The second-order valence-electron chi connectivity index (χ2n) is 13.7. The molecule has 0 spiro atoms. The molecule has 1 aromatic carbocycles. The Morgan fingerprint density at radius 1 is 0.980 bits per heavy atom. The number of aromatic nitrogens is 4. The number of piperazine rings is 1. The Morgan fingerprint density at radius 2 is 1.63 bits per heavy atom. The van der Waals surface area contributed by atoms with Gasteiger partial charge < -0.3 is 14.4 Å². The Kier molecular flexibility index (Phi) is 12.6. The minimum atomic E-state index is -2.79. The maximum absolute atomic E-state index is 13.5. The van der Waals surface area contributed by atoms with Gasteiger partial charge in [-0.1, -0.05) is 25.0 Å². The molecule has 49 heavy (non-hydrogen) atoms. The first-order chi connectivity index (χ1) is 23.6. The molecule has 2 aliphatic heterocycles. The summed E-state index contributed by atoms with van der Waals surface area (Å²) in [6, 6.07) is 10.0. The normalized spacial score (nSPS) is 19.4. The largest absolute Gasteiger partial charge is 0.318 e. The third-order valence-corrected chi connectivity index (χ3v) is 9.68. The van der Waals surface area contributed by atoms with Crippen LogP contribution in [-0.4, -0.2) is 112 Å². The lowest BCUT2D eigenvalue weighted by Crippen LogP contribution is -2.48. The van der Waals surface area contributed by atoms with Gasteiger partial charge in [0.1, 0.15) is 6.07 Å². The number of fused-ring (bicyclic) bond motifs is 1. The number of likely N-dealkylation sites (tertiary alicyclic amines) is 1. The van der Waals surface area contributed by atoms with Gasteiger partial charge in [0.2, 0.25) is 5.82 Å². The van der Waals surface area contributed by atoms with E-state index in [1.54, 1.807) is 15.9 Å². The van der Waals surface area contributed by atoms with Crippen molar-refractivity contribution in [2.45, 2.75) is 58.4 Å². The molecule has 4 heterocycles. The zero-order chi connectivity index (χ0) is 34.9. The number of benzene rings is 1. The summed E-state index contributed by atoms with van der Waals surface area (Å²) in [5.74, 6) is 0.488. The van der Waals surface area contributed by atoms with Crippen LogP contribution >= 0.6 is 0 Å². The van der Waals surface area contributed by atoms with Crippen LogP contribution in [0.5, 0.6) is 0 Å². The van der Waals surface area contributed by atoms with Crippen LogP contribution in [0.25, 0.3) is 11.2 Å². The van der Waals surface area contributed by atoms with Gasteiger partial charge in [-0.3, -0.25) is 24.9 Å². The molecule has 1 amide bonds. The molecule has 14 heteroatoms. The number of carbonyl (C=O) groups is 2. The number of halogens is 2. The van der Waals surface area contributed by atoms with Crippen LogP contribution in [0, 0.1) is 23.2 Å². The molecule has 3 aromatic rings. The summed E-state index contributed by atoms with van der Waals surface area (Å²) in [4.78, 5) is 43.9. The fraction of sp³-hybridized carbons (Fsp3) is 0.600. The summed E-state index contributed by atoms with van der Waals surface area (Å²) >= 11 is 0. The van der Waals surface area contributed by atoms with Crippen molar-refractivity contribution in [1.82, 2.24) is 39.6 Å². The first-order valence-corrected chi connectivity index (χ1v) is 17.3. The van der Waals surface area contributed by atoms with Crippen LogP contribution in [0.1, 0.15) is 67.2 Å². The lowest BCUT2D eigenvalue weighted by molar-refractivity contribution is -0.127. The summed E-state index contributed by atoms with van der Waals surface area (Å²) in [7, 11) is 4.08. The first kappa shape index (κ1) is 36.2. The number of Topliss-reactive ketones (excluding diaryl/α,β-unsaturated/α-hetero) is 1. The maximum atomic E-state index is 13.5. The number of hydrogen-bond donors (Lipinski definition) is 1. The smallest absolute Gasteiger partial charge is 0.295 e. The number of nitrogens with zero attached hydrogens (tertiary/aromatic N) is 9. The van der Waals surface area contributed by atoms with Gasteiger partial charge in [-0.15, -0.1) is 0 Å². The predicted molar refractivity (Wildman–Crippen MR) is 183 cm³/mol. The Hall–Kier alpha value is -4.06. The lowest BCUT2D eigenvalue weighted by Gasteiger charge is -2.38. The number of nitriles is 1. The molecular formula is C35H48F2N10O2. The van der Waals surface area contributed by atoms with E-state index in [0.717, 1.165) is 58.4 Å². The van der Waals surface area contributed by atoms with E-state index in [4.69, 9.17) is 0 Å². The number of hydrogen-bond acceptors (Lipinski definition) is 10. The zero-order valence-electron chi connectivity index (χ0n) is 28.8. The molecule has 3 aliphatic rings. The molecule has 1 atom stereocenters. The maximum Gasteiger partial charge on any atom is 0.295 e. The Morgan fingerprint density at radius 3 is 2.27 bits per heavy atom. The molecule has 6 rings (SSSR count). The number of carbonyl (C=O) groups excluding carboxylic acids is 2. The summed E-state index contributed by atoms with van der Waals surface area (Å²) in [6.45, 7) is 10.4. The van der Waals surface area contributed by atoms with Gasteiger partial charge in [-0.2, -0.15) is 15.2 Å². The number of nitrogens with one attached hydrogen (secondary N) is 1. The topological polar surface area (TPSA) is 127 Å². The summed E-state index contributed by atoms with van der Waals surface area (Å²) in [6.07, 6.45) is 6.14. The first-order valence-electron chi connectivity index (χ1n) is 17.3. The molecule has 1 N–H and O–H groups in total. The number of imidazole rings is 1. The average molecular weight is 679 g/mol. The Balaban J connectivity index is 0.000000717. The van der Waals surface area contributed by atoms with Crippen molar-refractivity contribution < 1.29 is 18.4 Å². The highest BCUT2D eigenvalue weighted by atomic mass is 19.3. The average Bonchev–Trinajstić information content (AvgIpc) is 3.75. The fourth-order valence-corrected chi connectivity index (χ4v) is 6.99. The highest BCUT2D eigenvalue weighted by molar-refractivity contribution is 5.96. The number of aryl methyl sites for hydroxylation is 1. The molecule has 1 aliphatic carbocycles. The van der Waals surface area contributed by atoms with Crippen molar-refractivity contribution in [2.75, 3.05) is 64.4 Å². The van der Waals surface area contributed by atoms with Crippen LogP contribution in [0.15, 0.2) is 30.6 Å². The highest BCUT2D eigenvalue weighted by Gasteiger charge is 2.26. The van der Waals surface area contributed by atoms with Crippen molar-refractivity contribution in [3.8, 4) is 6.07 Å². The van der Waals surface area contributed by atoms with Crippen LogP contribution in [0.2, 0.25) is 0 Å². The van der Waals surface area contributed by atoms with E-state index in [1.807, 2.05) is 19.2 Å². The van der Waals surface area contributed by atoms with Crippen molar-refractivity contribution in [3.05, 3.63) is 47.5 Å². The van der Waals surface area contributed by atoms with Crippen LogP contribution in [0.4, 0.5) is 14.6 Å². The zero-order valence-corrected chi connectivity index (χ0v) is 28.8. The van der Waals surface area contributed by atoms with E-state index >= 15 is 0 Å². The van der Waals surface area contributed by atoms with E-state index in [9.17, 15) is 23.6 Å². The predicted octanol–water partition coefficient (Wildman–Crippen LogP) is 3.88. The number of amides is 1. The standard InChI is InChI=1S/C32H44N10O.C3H4F2O/c1-38-13-5-8-26(19-38)21-41-16-14-40(15-17-41)20-25-9-11-27(12-10-25)32(43)37-42(22-24-6-3-4-7-24)31-29-30(39(2)23-34-29)35-28(18-33)36-31;1-2(6)3(4)5/h9-12,23-24,26H,3-8,13-17,19-22H2,1-2H3,(H,37,43);3H,1H3. The molecule has 264 valence electrons. The van der Waals surface area contributed by atoms with Crippen molar-refractivity contribution in [3.63, 3.8) is 0 Å². The highest BCUT2D eigenvalue weighted by Crippen LogP contribution is 2.29. The van der Waals surface area contributed by atoms with Crippen molar-refractivity contribution >= 4 is 28.7 Å². The summed E-state index contributed by atoms with van der Waals surface area (Å²) in [5.41, 5.74) is 6.04. The molecule has 2 saturated heterocycles. The SMILES string of the molecule is CC(=O)C(F)F.CN1CCCC(CN2CCN(Cc3ccc(C(=O)NN(CC4CCCC4)c4nc(C#N)nc5c4ncn5C)cc3)CC2)C1. The molecule has 12 nitrogen and oxygen atoms in total. The van der Waals surface area contributed by atoms with Gasteiger partial charge >= 0.3 is 0 Å². The van der Waals surface area contributed by atoms with Gasteiger partial charge in [0, 0.05) is 71.9 Å². The molecular weight excluding hydrogens is 630 g/mol. The molecule has 1 saturated carbocycles. The number of alkyl halides is 2. The van der Waals surface area contributed by atoms with Crippen molar-refractivity contribution in [2.24, 2.45) is 18.9 Å². The van der Waals surface area contributed by atoms with E-state index in [2.05, 4.69) is 60.3 Å². The lowest BCUT2D eigenvalue weighted by atomic mass is 9.97. The molecule has 2 aromatic heterocycles. The second-order valence-corrected chi connectivity index (χ2v) is 13.7. The summed E-state index contributed by atoms with van der Waals surface area (Å²) < 4.78 is 23.4. The van der Waals surface area contributed by atoms with Gasteiger partial charge in [0.05, 0.1) is 6.33 Å². The monoisotopic (exact) mass is 678 g/mol.